The monoisotopic (exact) mass is 190 g/mol. The molecule has 3 nitrogen and oxygen atoms in total. The third-order valence-electron chi connectivity index (χ3n) is 3.16. The molecule has 72 valence electrons. The number of aliphatic carboxylic acids is 1. The zero-order valence-corrected chi connectivity index (χ0v) is 7.56. The van der Waals surface area contributed by atoms with Gasteiger partial charge in [-0.15, -0.1) is 0 Å². The van der Waals surface area contributed by atoms with E-state index in [9.17, 15) is 4.79 Å². The first-order chi connectivity index (χ1) is 6.74. The molecule has 1 saturated heterocycles. The van der Waals surface area contributed by atoms with Gasteiger partial charge in [-0.2, -0.15) is 0 Å². The average Bonchev–Trinajstić information content (AvgIpc) is 2.94. The van der Waals surface area contributed by atoms with E-state index >= 15 is 0 Å². The molecular formula is C11H10O3. The molecule has 0 bridgehead atoms. The van der Waals surface area contributed by atoms with Crippen molar-refractivity contribution < 1.29 is 14.6 Å². The third-order valence-corrected chi connectivity index (χ3v) is 3.16. The summed E-state index contributed by atoms with van der Waals surface area (Å²) < 4.78 is 5.35. The van der Waals surface area contributed by atoms with Crippen LogP contribution < -0.4 is 0 Å². The number of aryl methyl sites for hydroxylation is 1. The van der Waals surface area contributed by atoms with Gasteiger partial charge in [0.1, 0.15) is 6.10 Å². The smallest absolute Gasteiger partial charge is 0.339 e. The first-order valence-corrected chi connectivity index (χ1v) is 4.73. The van der Waals surface area contributed by atoms with E-state index in [1.807, 2.05) is 24.3 Å². The van der Waals surface area contributed by atoms with Gasteiger partial charge in [-0.25, -0.2) is 4.79 Å². The lowest BCUT2D eigenvalue weighted by Gasteiger charge is -2.16. The Morgan fingerprint density at radius 1 is 1.50 bits per heavy atom. The normalized spacial score (nSPS) is 33.0. The van der Waals surface area contributed by atoms with Crippen molar-refractivity contribution in [3.05, 3.63) is 35.4 Å². The van der Waals surface area contributed by atoms with Crippen molar-refractivity contribution in [1.29, 1.82) is 0 Å². The molecule has 1 aliphatic heterocycles. The molecule has 0 radical (unpaired) electrons. The van der Waals surface area contributed by atoms with Crippen LogP contribution >= 0.6 is 0 Å². The van der Waals surface area contributed by atoms with Gasteiger partial charge in [0.25, 0.3) is 0 Å². The molecule has 0 unspecified atom stereocenters. The maximum atomic E-state index is 11.0. The van der Waals surface area contributed by atoms with Crippen LogP contribution in [0.3, 0.4) is 0 Å². The molecule has 1 fully saturated rings. The molecule has 0 saturated carbocycles. The summed E-state index contributed by atoms with van der Waals surface area (Å²) in [5, 5.41) is 9.04. The minimum absolute atomic E-state index is 0.204. The van der Waals surface area contributed by atoms with E-state index in [2.05, 4.69) is 0 Å². The van der Waals surface area contributed by atoms with Crippen LogP contribution in [0, 0.1) is 0 Å². The van der Waals surface area contributed by atoms with Gasteiger partial charge >= 0.3 is 5.97 Å². The summed E-state index contributed by atoms with van der Waals surface area (Å²) in [6.45, 7) is 0. The van der Waals surface area contributed by atoms with Crippen LogP contribution in [0.4, 0.5) is 0 Å². The fourth-order valence-corrected chi connectivity index (χ4v) is 2.29. The topological polar surface area (TPSA) is 49.8 Å². The molecule has 1 aromatic carbocycles. The third kappa shape index (κ3) is 0.826. The number of fused-ring (bicyclic) bond motifs is 3. The summed E-state index contributed by atoms with van der Waals surface area (Å²) in [6.07, 6.45) is 1.20. The van der Waals surface area contributed by atoms with E-state index in [-0.39, 0.29) is 6.10 Å². The Morgan fingerprint density at radius 2 is 2.29 bits per heavy atom. The summed E-state index contributed by atoms with van der Waals surface area (Å²) in [5.74, 6) is -0.822. The number of hydrogen-bond donors (Lipinski definition) is 1. The molecule has 1 aromatic rings. The van der Waals surface area contributed by atoms with E-state index < -0.39 is 11.6 Å². The summed E-state index contributed by atoms with van der Waals surface area (Å²) in [4.78, 5) is 11.0. The lowest BCUT2D eigenvalue weighted by molar-refractivity contribution is -0.143. The van der Waals surface area contributed by atoms with Crippen LogP contribution in [-0.4, -0.2) is 16.7 Å². The van der Waals surface area contributed by atoms with E-state index in [4.69, 9.17) is 9.84 Å². The molecule has 0 amide bonds. The highest BCUT2D eigenvalue weighted by molar-refractivity contribution is 5.82. The van der Waals surface area contributed by atoms with Crippen LogP contribution in [0.5, 0.6) is 0 Å². The number of benzene rings is 1. The lowest BCUT2D eigenvalue weighted by Crippen LogP contribution is -2.28. The van der Waals surface area contributed by atoms with Crippen molar-refractivity contribution >= 4 is 5.97 Å². The van der Waals surface area contributed by atoms with Gasteiger partial charge < -0.3 is 9.84 Å². The number of carboxylic acids is 1. The van der Waals surface area contributed by atoms with E-state index in [1.165, 1.54) is 5.56 Å². The van der Waals surface area contributed by atoms with Crippen molar-refractivity contribution in [3.63, 3.8) is 0 Å². The van der Waals surface area contributed by atoms with Crippen molar-refractivity contribution in [1.82, 2.24) is 0 Å². The number of carbonyl (C=O) groups is 1. The largest absolute Gasteiger partial charge is 0.479 e. The van der Waals surface area contributed by atoms with Crippen molar-refractivity contribution in [3.8, 4) is 0 Å². The second kappa shape index (κ2) is 2.36. The summed E-state index contributed by atoms with van der Waals surface area (Å²) in [5.41, 5.74) is 1.39. The molecule has 1 N–H and O–H groups in total. The SMILES string of the molecule is O=C(O)[C@@]12CCc3ccccc3[C@H]1O2. The molecule has 0 spiro atoms. The first-order valence-electron chi connectivity index (χ1n) is 4.73. The quantitative estimate of drug-likeness (QED) is 0.683. The Bertz CT molecular complexity index is 413. The predicted molar refractivity (Wildman–Crippen MR) is 49.0 cm³/mol. The minimum Gasteiger partial charge on any atom is -0.479 e. The van der Waals surface area contributed by atoms with Gasteiger partial charge in [0.15, 0.2) is 5.60 Å². The second-order valence-corrected chi connectivity index (χ2v) is 3.89. The van der Waals surface area contributed by atoms with Crippen LogP contribution in [0.2, 0.25) is 0 Å². The Kier molecular flexibility index (Phi) is 1.35. The van der Waals surface area contributed by atoms with E-state index in [0.717, 1.165) is 12.0 Å². The average molecular weight is 190 g/mol. The van der Waals surface area contributed by atoms with Gasteiger partial charge in [0.05, 0.1) is 0 Å². The zero-order chi connectivity index (χ0) is 9.76. The maximum absolute atomic E-state index is 11.0. The maximum Gasteiger partial charge on any atom is 0.339 e. The number of carboxylic acid groups (broad SMARTS) is 1. The molecule has 2 aliphatic rings. The number of rotatable bonds is 1. The highest BCUT2D eigenvalue weighted by Crippen LogP contribution is 2.56. The summed E-state index contributed by atoms with van der Waals surface area (Å²) in [7, 11) is 0. The molecule has 14 heavy (non-hydrogen) atoms. The van der Waals surface area contributed by atoms with E-state index in [0.29, 0.717) is 6.42 Å². The Morgan fingerprint density at radius 3 is 3.07 bits per heavy atom. The van der Waals surface area contributed by atoms with Crippen molar-refractivity contribution in [2.75, 3.05) is 0 Å². The van der Waals surface area contributed by atoms with Gasteiger partial charge in [0.2, 0.25) is 0 Å². The fraction of sp³-hybridized carbons (Fsp3) is 0.364. The highest BCUT2D eigenvalue weighted by atomic mass is 16.6. The van der Waals surface area contributed by atoms with E-state index in [1.54, 1.807) is 0 Å². The summed E-state index contributed by atoms with van der Waals surface area (Å²) >= 11 is 0. The fourth-order valence-electron chi connectivity index (χ4n) is 2.29. The first kappa shape index (κ1) is 8.00. The van der Waals surface area contributed by atoms with Gasteiger partial charge in [-0.05, 0) is 24.0 Å². The second-order valence-electron chi connectivity index (χ2n) is 3.89. The van der Waals surface area contributed by atoms with Crippen LogP contribution in [0.1, 0.15) is 23.7 Å². The van der Waals surface area contributed by atoms with Crippen LogP contribution in [0.15, 0.2) is 24.3 Å². The van der Waals surface area contributed by atoms with Crippen LogP contribution in [-0.2, 0) is 16.0 Å². The molecule has 1 heterocycles. The highest BCUT2D eigenvalue weighted by Gasteiger charge is 2.65. The summed E-state index contributed by atoms with van der Waals surface area (Å²) in [6, 6.07) is 7.92. The minimum atomic E-state index is -0.894. The van der Waals surface area contributed by atoms with Crippen molar-refractivity contribution in [2.45, 2.75) is 24.5 Å². The Hall–Kier alpha value is -1.35. The zero-order valence-electron chi connectivity index (χ0n) is 7.56. The standard InChI is InChI=1S/C11H10O3/c12-10(13)11-6-5-7-3-1-2-4-8(7)9(11)14-11/h1-4,9H,5-6H2,(H,12,13)/t9-,11-/m1/s1. The Labute approximate surface area is 81.3 Å². The number of hydrogen-bond acceptors (Lipinski definition) is 2. The number of epoxide rings is 1. The van der Waals surface area contributed by atoms with Gasteiger partial charge in [-0.3, -0.25) is 0 Å². The van der Waals surface area contributed by atoms with Crippen molar-refractivity contribution in [2.24, 2.45) is 0 Å². The van der Waals surface area contributed by atoms with Crippen LogP contribution in [0.25, 0.3) is 0 Å². The molecular weight excluding hydrogens is 180 g/mol. The Balaban J connectivity index is 2.05. The number of ether oxygens (including phenoxy) is 1. The van der Waals surface area contributed by atoms with Gasteiger partial charge in [0, 0.05) is 0 Å². The lowest BCUT2D eigenvalue weighted by atomic mass is 9.84. The van der Waals surface area contributed by atoms with Gasteiger partial charge in [-0.1, -0.05) is 24.3 Å². The molecule has 0 aromatic heterocycles. The molecule has 1 aliphatic carbocycles. The molecule has 2 atom stereocenters. The molecule has 3 heteroatoms. The molecule has 3 rings (SSSR count). The predicted octanol–water partition coefficient (Wildman–Crippen LogP) is 1.53.